The SMILES string of the molecule is Cc1n[nH]c(C)c1S(=O)(=O)N(C)CC(=O)N1CCNCC1. The van der Waals surface area contributed by atoms with Gasteiger partial charge in [-0.05, 0) is 13.8 Å². The van der Waals surface area contributed by atoms with Crippen LogP contribution in [0.15, 0.2) is 4.90 Å². The van der Waals surface area contributed by atoms with Crippen molar-refractivity contribution in [3.8, 4) is 0 Å². The second-order valence-corrected chi connectivity index (χ2v) is 7.14. The summed E-state index contributed by atoms with van der Waals surface area (Å²) in [6.07, 6.45) is 0. The molecule has 8 nitrogen and oxygen atoms in total. The maximum atomic E-state index is 12.5. The maximum Gasteiger partial charge on any atom is 0.246 e. The number of sulfonamides is 1. The lowest BCUT2D eigenvalue weighted by molar-refractivity contribution is -0.131. The van der Waals surface area contributed by atoms with Crippen molar-refractivity contribution in [1.82, 2.24) is 24.7 Å². The van der Waals surface area contributed by atoms with Crippen LogP contribution in [0.1, 0.15) is 11.4 Å². The smallest absolute Gasteiger partial charge is 0.246 e. The van der Waals surface area contributed by atoms with Gasteiger partial charge in [-0.15, -0.1) is 0 Å². The molecule has 0 aliphatic carbocycles. The summed E-state index contributed by atoms with van der Waals surface area (Å²) in [5, 5.41) is 9.71. The maximum absolute atomic E-state index is 12.5. The molecule has 2 N–H and O–H groups in total. The van der Waals surface area contributed by atoms with E-state index in [2.05, 4.69) is 15.5 Å². The first kappa shape index (κ1) is 15.9. The Labute approximate surface area is 124 Å². The monoisotopic (exact) mass is 315 g/mol. The number of aromatic nitrogens is 2. The number of aromatic amines is 1. The van der Waals surface area contributed by atoms with Gasteiger partial charge in [0.25, 0.3) is 0 Å². The van der Waals surface area contributed by atoms with Gasteiger partial charge in [0.05, 0.1) is 17.9 Å². The van der Waals surface area contributed by atoms with Crippen LogP contribution < -0.4 is 5.32 Å². The zero-order chi connectivity index (χ0) is 15.6. The second kappa shape index (κ2) is 6.12. The van der Waals surface area contributed by atoms with Gasteiger partial charge >= 0.3 is 0 Å². The van der Waals surface area contributed by atoms with E-state index in [1.54, 1.807) is 18.7 Å². The van der Waals surface area contributed by atoms with Crippen molar-refractivity contribution in [3.05, 3.63) is 11.4 Å². The normalized spacial score (nSPS) is 16.5. The fourth-order valence-electron chi connectivity index (χ4n) is 2.37. The minimum absolute atomic E-state index is 0.151. The van der Waals surface area contributed by atoms with E-state index in [9.17, 15) is 13.2 Å². The number of likely N-dealkylation sites (N-methyl/N-ethyl adjacent to an activating group) is 1. The first-order valence-electron chi connectivity index (χ1n) is 6.80. The number of hydrogen-bond acceptors (Lipinski definition) is 5. The molecule has 1 aliphatic rings. The minimum atomic E-state index is -3.71. The first-order chi connectivity index (χ1) is 9.84. The largest absolute Gasteiger partial charge is 0.339 e. The van der Waals surface area contributed by atoms with Gasteiger partial charge in [0, 0.05) is 33.2 Å². The number of amides is 1. The molecule has 118 valence electrons. The molecule has 0 saturated carbocycles. The van der Waals surface area contributed by atoms with Crippen LogP contribution in [0.2, 0.25) is 0 Å². The third-order valence-corrected chi connectivity index (χ3v) is 5.62. The summed E-state index contributed by atoms with van der Waals surface area (Å²) in [6, 6.07) is 0. The van der Waals surface area contributed by atoms with Gasteiger partial charge in [-0.1, -0.05) is 0 Å². The van der Waals surface area contributed by atoms with Gasteiger partial charge in [-0.2, -0.15) is 9.40 Å². The van der Waals surface area contributed by atoms with E-state index in [1.165, 1.54) is 7.05 Å². The number of rotatable bonds is 4. The second-order valence-electron chi connectivity index (χ2n) is 5.16. The van der Waals surface area contributed by atoms with E-state index in [-0.39, 0.29) is 17.3 Å². The number of piperazine rings is 1. The summed E-state index contributed by atoms with van der Waals surface area (Å²) in [4.78, 5) is 14.0. The molecule has 1 saturated heterocycles. The number of H-pyrrole nitrogens is 1. The van der Waals surface area contributed by atoms with Crippen LogP contribution in [0.4, 0.5) is 0 Å². The molecular weight excluding hydrogens is 294 g/mol. The summed E-state index contributed by atoms with van der Waals surface area (Å²) in [7, 11) is -2.30. The molecule has 1 amide bonds. The lowest BCUT2D eigenvalue weighted by Gasteiger charge is -2.29. The van der Waals surface area contributed by atoms with Gasteiger partial charge < -0.3 is 10.2 Å². The third kappa shape index (κ3) is 3.25. The molecule has 0 aromatic carbocycles. The summed E-state index contributed by atoms with van der Waals surface area (Å²) in [6.45, 7) is 5.81. The number of aryl methyl sites for hydroxylation is 2. The van der Waals surface area contributed by atoms with Crippen LogP contribution in [0, 0.1) is 13.8 Å². The van der Waals surface area contributed by atoms with E-state index in [4.69, 9.17) is 0 Å². The van der Waals surface area contributed by atoms with E-state index >= 15 is 0 Å². The van der Waals surface area contributed by atoms with Gasteiger partial charge in [0.2, 0.25) is 15.9 Å². The number of nitrogens with zero attached hydrogens (tertiary/aromatic N) is 3. The number of hydrogen-bond donors (Lipinski definition) is 2. The quantitative estimate of drug-likeness (QED) is 0.749. The summed E-state index contributed by atoms with van der Waals surface area (Å²) in [5.41, 5.74) is 0.892. The topological polar surface area (TPSA) is 98.4 Å². The highest BCUT2D eigenvalue weighted by Gasteiger charge is 2.29. The Morgan fingerprint density at radius 3 is 2.48 bits per heavy atom. The standard InChI is InChI=1S/C12H21N5O3S/c1-9-12(10(2)15-14-9)21(19,20)16(3)8-11(18)17-6-4-13-5-7-17/h13H,4-8H2,1-3H3,(H,14,15). The predicted molar refractivity (Wildman–Crippen MR) is 77.3 cm³/mol. The Balaban J connectivity index is 2.12. The highest BCUT2D eigenvalue weighted by molar-refractivity contribution is 7.89. The molecule has 21 heavy (non-hydrogen) atoms. The minimum Gasteiger partial charge on any atom is -0.339 e. The molecule has 0 radical (unpaired) electrons. The number of carbonyl (C=O) groups excluding carboxylic acids is 1. The van der Waals surface area contributed by atoms with E-state index in [1.807, 2.05) is 0 Å². The first-order valence-corrected chi connectivity index (χ1v) is 8.24. The van der Waals surface area contributed by atoms with Crippen molar-refractivity contribution in [1.29, 1.82) is 0 Å². The molecule has 2 rings (SSSR count). The molecule has 2 heterocycles. The Morgan fingerprint density at radius 2 is 1.95 bits per heavy atom. The van der Waals surface area contributed by atoms with Crippen LogP contribution in [0.5, 0.6) is 0 Å². The van der Waals surface area contributed by atoms with Gasteiger partial charge in [-0.3, -0.25) is 9.89 Å². The van der Waals surface area contributed by atoms with Crippen molar-refractivity contribution < 1.29 is 13.2 Å². The molecular formula is C12H21N5O3S. The molecule has 0 bridgehead atoms. The zero-order valence-corrected chi connectivity index (χ0v) is 13.3. The fraction of sp³-hybridized carbons (Fsp3) is 0.667. The number of carbonyl (C=O) groups is 1. The molecule has 0 unspecified atom stereocenters. The third-order valence-electron chi connectivity index (χ3n) is 3.56. The molecule has 1 aliphatic heterocycles. The van der Waals surface area contributed by atoms with Crippen molar-refractivity contribution in [2.45, 2.75) is 18.7 Å². The molecule has 1 fully saturated rings. The lowest BCUT2D eigenvalue weighted by Crippen LogP contribution is -2.49. The van der Waals surface area contributed by atoms with E-state index in [0.29, 0.717) is 24.5 Å². The van der Waals surface area contributed by atoms with Crippen LogP contribution in [-0.2, 0) is 14.8 Å². The van der Waals surface area contributed by atoms with E-state index in [0.717, 1.165) is 17.4 Å². The van der Waals surface area contributed by atoms with Gasteiger partial charge in [-0.25, -0.2) is 8.42 Å². The van der Waals surface area contributed by atoms with E-state index < -0.39 is 10.0 Å². The summed E-state index contributed by atoms with van der Waals surface area (Å²) < 4.78 is 26.2. The van der Waals surface area contributed by atoms with Crippen LogP contribution >= 0.6 is 0 Å². The van der Waals surface area contributed by atoms with Crippen molar-refractivity contribution in [2.75, 3.05) is 39.8 Å². The average Bonchev–Trinajstić information content (AvgIpc) is 2.79. The summed E-state index contributed by atoms with van der Waals surface area (Å²) >= 11 is 0. The molecule has 1 aromatic heterocycles. The molecule has 0 atom stereocenters. The van der Waals surface area contributed by atoms with Crippen molar-refractivity contribution in [3.63, 3.8) is 0 Å². The van der Waals surface area contributed by atoms with Gasteiger partial charge in [0.15, 0.2) is 0 Å². The van der Waals surface area contributed by atoms with Crippen molar-refractivity contribution >= 4 is 15.9 Å². The Hall–Kier alpha value is -1.45. The molecule has 0 spiro atoms. The van der Waals surface area contributed by atoms with Crippen molar-refractivity contribution in [2.24, 2.45) is 0 Å². The lowest BCUT2D eigenvalue weighted by atomic mass is 10.3. The predicted octanol–water partition coefficient (Wildman–Crippen LogP) is -0.921. The Bertz CT molecular complexity index is 599. The highest BCUT2D eigenvalue weighted by Crippen LogP contribution is 2.20. The summed E-state index contributed by atoms with van der Waals surface area (Å²) in [5.74, 6) is -0.179. The van der Waals surface area contributed by atoms with Crippen LogP contribution in [0.3, 0.4) is 0 Å². The zero-order valence-electron chi connectivity index (χ0n) is 12.5. The highest BCUT2D eigenvalue weighted by atomic mass is 32.2. The van der Waals surface area contributed by atoms with Gasteiger partial charge in [0.1, 0.15) is 4.90 Å². The van der Waals surface area contributed by atoms with Crippen LogP contribution in [-0.4, -0.2) is 73.5 Å². The molecule has 1 aromatic rings. The number of nitrogens with one attached hydrogen (secondary N) is 2. The molecule has 9 heteroatoms. The Kier molecular flexibility index (Phi) is 4.64. The Morgan fingerprint density at radius 1 is 1.33 bits per heavy atom. The fourth-order valence-corrected chi connectivity index (χ4v) is 3.81. The van der Waals surface area contributed by atoms with Crippen LogP contribution in [0.25, 0.3) is 0 Å². The average molecular weight is 315 g/mol.